The van der Waals surface area contributed by atoms with Crippen molar-refractivity contribution in [2.45, 2.75) is 43.8 Å². The monoisotopic (exact) mass is 357 g/mol. The summed E-state index contributed by atoms with van der Waals surface area (Å²) in [6.45, 7) is 0. The summed E-state index contributed by atoms with van der Waals surface area (Å²) in [5.41, 5.74) is 0.631. The molecular formula is C15H20ClN3O3S. The zero-order valence-corrected chi connectivity index (χ0v) is 14.4. The summed E-state index contributed by atoms with van der Waals surface area (Å²) in [7, 11) is -3.18. The number of hydrogen-bond donors (Lipinski definition) is 2. The van der Waals surface area contributed by atoms with Crippen LogP contribution in [0.5, 0.6) is 0 Å². The van der Waals surface area contributed by atoms with Gasteiger partial charge in [0.05, 0.1) is 6.26 Å². The number of urea groups is 1. The Balaban J connectivity index is 1.59. The van der Waals surface area contributed by atoms with Crippen molar-refractivity contribution in [2.75, 3.05) is 11.6 Å². The largest absolute Gasteiger partial charge is 0.335 e. The maximum Gasteiger partial charge on any atom is 0.319 e. The molecule has 8 heteroatoms. The lowest BCUT2D eigenvalue weighted by Crippen LogP contribution is -2.52. The summed E-state index contributed by atoms with van der Waals surface area (Å²) < 4.78 is 25.4. The lowest BCUT2D eigenvalue weighted by Gasteiger charge is -2.37. The number of benzene rings is 1. The molecule has 2 atom stereocenters. The predicted molar refractivity (Wildman–Crippen MR) is 90.1 cm³/mol. The van der Waals surface area contributed by atoms with E-state index in [2.05, 4.69) is 10.6 Å². The first-order valence-electron chi connectivity index (χ1n) is 7.64. The number of carbonyl (C=O) groups excluding carboxylic acids is 1. The van der Waals surface area contributed by atoms with E-state index in [0.29, 0.717) is 23.6 Å². The average molecular weight is 358 g/mol. The number of rotatable bonds is 3. The minimum atomic E-state index is -3.18. The fourth-order valence-corrected chi connectivity index (χ4v) is 5.37. The molecule has 2 N–H and O–H groups in total. The van der Waals surface area contributed by atoms with Gasteiger partial charge in [0.2, 0.25) is 10.0 Å². The molecule has 2 aliphatic rings. The minimum absolute atomic E-state index is 0.000203. The van der Waals surface area contributed by atoms with Crippen molar-refractivity contribution in [2.24, 2.45) is 0 Å². The van der Waals surface area contributed by atoms with Gasteiger partial charge in [0.15, 0.2) is 0 Å². The van der Waals surface area contributed by atoms with Crippen LogP contribution in [0.4, 0.5) is 10.5 Å². The zero-order chi connectivity index (χ0) is 16.6. The number of carbonyl (C=O) groups is 1. The topological polar surface area (TPSA) is 78.5 Å². The van der Waals surface area contributed by atoms with E-state index in [0.717, 1.165) is 12.8 Å². The van der Waals surface area contributed by atoms with Crippen LogP contribution in [0.1, 0.15) is 25.7 Å². The number of nitrogens with one attached hydrogen (secondary N) is 2. The molecule has 2 unspecified atom stereocenters. The van der Waals surface area contributed by atoms with E-state index >= 15 is 0 Å². The molecule has 2 amide bonds. The normalized spacial score (nSPS) is 27.7. The second-order valence-corrected chi connectivity index (χ2v) is 8.58. The molecule has 0 aromatic heterocycles. The van der Waals surface area contributed by atoms with Crippen molar-refractivity contribution in [1.82, 2.24) is 9.62 Å². The van der Waals surface area contributed by atoms with Gasteiger partial charge in [-0.1, -0.05) is 17.7 Å². The third-order valence-corrected chi connectivity index (χ3v) is 6.06. The highest BCUT2D eigenvalue weighted by molar-refractivity contribution is 7.88. The molecular weight excluding hydrogens is 338 g/mol. The van der Waals surface area contributed by atoms with Crippen LogP contribution in [0.2, 0.25) is 5.02 Å². The average Bonchev–Trinajstić information content (AvgIpc) is 2.71. The Kier molecular flexibility index (Phi) is 4.53. The second-order valence-electron chi connectivity index (χ2n) is 6.26. The van der Waals surface area contributed by atoms with Crippen molar-refractivity contribution in [3.05, 3.63) is 29.3 Å². The Morgan fingerprint density at radius 1 is 1.26 bits per heavy atom. The number of sulfonamides is 1. The molecule has 2 fully saturated rings. The highest BCUT2D eigenvalue weighted by atomic mass is 35.5. The maximum atomic E-state index is 12.1. The Bertz CT molecular complexity index is 696. The minimum Gasteiger partial charge on any atom is -0.335 e. The second kappa shape index (κ2) is 6.30. The highest BCUT2D eigenvalue weighted by Gasteiger charge is 2.45. The fraction of sp³-hybridized carbons (Fsp3) is 0.533. The van der Waals surface area contributed by atoms with Gasteiger partial charge in [-0.05, 0) is 43.9 Å². The fourth-order valence-electron chi connectivity index (χ4n) is 3.71. The van der Waals surface area contributed by atoms with Crippen molar-refractivity contribution in [3.8, 4) is 0 Å². The van der Waals surface area contributed by atoms with E-state index in [1.807, 2.05) is 0 Å². The van der Waals surface area contributed by atoms with E-state index in [9.17, 15) is 13.2 Å². The van der Waals surface area contributed by atoms with Crippen molar-refractivity contribution in [3.63, 3.8) is 0 Å². The number of hydrogen-bond acceptors (Lipinski definition) is 3. The molecule has 2 aliphatic heterocycles. The molecule has 2 saturated heterocycles. The Morgan fingerprint density at radius 3 is 2.48 bits per heavy atom. The van der Waals surface area contributed by atoms with Crippen molar-refractivity contribution >= 4 is 33.3 Å². The smallest absolute Gasteiger partial charge is 0.319 e. The summed E-state index contributed by atoms with van der Waals surface area (Å²) in [5, 5.41) is 6.26. The molecule has 3 rings (SSSR count). The van der Waals surface area contributed by atoms with Gasteiger partial charge in [0.1, 0.15) is 0 Å². The SMILES string of the molecule is CS(=O)(=O)N1C2CCC1CC(NC(=O)Nc1cccc(Cl)c1)C2. The molecule has 23 heavy (non-hydrogen) atoms. The van der Waals surface area contributed by atoms with Crippen LogP contribution in [0.3, 0.4) is 0 Å². The van der Waals surface area contributed by atoms with Crippen LogP contribution < -0.4 is 10.6 Å². The standard InChI is InChI=1S/C15H20ClN3O3S/c1-23(21,22)19-13-5-6-14(19)9-12(8-13)18-15(20)17-11-4-2-3-10(16)7-11/h2-4,7,12-14H,5-6,8-9H2,1H3,(H2,17,18,20). The molecule has 0 spiro atoms. The van der Waals surface area contributed by atoms with Gasteiger partial charge < -0.3 is 10.6 Å². The zero-order valence-electron chi connectivity index (χ0n) is 12.8. The van der Waals surface area contributed by atoms with Gasteiger partial charge in [-0.3, -0.25) is 0 Å². The number of amides is 2. The number of piperidine rings is 1. The van der Waals surface area contributed by atoms with E-state index in [1.54, 1.807) is 28.6 Å². The summed E-state index contributed by atoms with van der Waals surface area (Å²) in [4.78, 5) is 12.1. The van der Waals surface area contributed by atoms with Gasteiger partial charge in [0.25, 0.3) is 0 Å². The van der Waals surface area contributed by atoms with E-state index in [4.69, 9.17) is 11.6 Å². The van der Waals surface area contributed by atoms with Gasteiger partial charge in [-0.25, -0.2) is 13.2 Å². The molecule has 0 radical (unpaired) electrons. The molecule has 0 aliphatic carbocycles. The number of fused-ring (bicyclic) bond motifs is 2. The Hall–Kier alpha value is -1.31. The van der Waals surface area contributed by atoms with E-state index in [1.165, 1.54) is 6.26 Å². The number of anilines is 1. The van der Waals surface area contributed by atoms with Crippen LogP contribution in [-0.2, 0) is 10.0 Å². The molecule has 1 aromatic rings. The first-order valence-corrected chi connectivity index (χ1v) is 9.87. The Morgan fingerprint density at radius 2 is 1.91 bits per heavy atom. The third kappa shape index (κ3) is 3.79. The van der Waals surface area contributed by atoms with Crippen LogP contribution in [0.25, 0.3) is 0 Å². The summed E-state index contributed by atoms with van der Waals surface area (Å²) in [6, 6.07) is 6.65. The molecule has 1 aromatic carbocycles. The Labute approximate surface area is 141 Å². The quantitative estimate of drug-likeness (QED) is 0.872. The maximum absolute atomic E-state index is 12.1. The first kappa shape index (κ1) is 16.5. The van der Waals surface area contributed by atoms with E-state index < -0.39 is 10.0 Å². The molecule has 2 bridgehead atoms. The number of nitrogens with zero attached hydrogens (tertiary/aromatic N) is 1. The summed E-state index contributed by atoms with van der Waals surface area (Å²) >= 11 is 5.89. The third-order valence-electron chi connectivity index (χ3n) is 4.47. The van der Waals surface area contributed by atoms with E-state index in [-0.39, 0.29) is 24.2 Å². The van der Waals surface area contributed by atoms with Gasteiger partial charge in [0, 0.05) is 28.8 Å². The molecule has 126 valence electrons. The first-order chi connectivity index (χ1) is 10.8. The van der Waals surface area contributed by atoms with Gasteiger partial charge in [-0.15, -0.1) is 0 Å². The summed E-state index contributed by atoms with van der Waals surface area (Å²) in [5.74, 6) is 0. The number of halogens is 1. The lowest BCUT2D eigenvalue weighted by molar-refractivity contribution is 0.204. The lowest BCUT2D eigenvalue weighted by atomic mass is 10.00. The predicted octanol–water partition coefficient (Wildman–Crippen LogP) is 2.42. The van der Waals surface area contributed by atoms with Crippen molar-refractivity contribution in [1.29, 1.82) is 0 Å². The van der Waals surface area contributed by atoms with Crippen molar-refractivity contribution < 1.29 is 13.2 Å². The molecule has 0 saturated carbocycles. The van der Waals surface area contributed by atoms with Crippen LogP contribution in [-0.4, -0.2) is 43.1 Å². The van der Waals surface area contributed by atoms with Crippen LogP contribution in [0.15, 0.2) is 24.3 Å². The van der Waals surface area contributed by atoms with Crippen LogP contribution in [0, 0.1) is 0 Å². The molecule has 6 nitrogen and oxygen atoms in total. The van der Waals surface area contributed by atoms with Crippen LogP contribution >= 0.6 is 11.6 Å². The van der Waals surface area contributed by atoms with Gasteiger partial charge >= 0.3 is 6.03 Å². The highest BCUT2D eigenvalue weighted by Crippen LogP contribution is 2.37. The molecule has 2 heterocycles. The summed E-state index contributed by atoms with van der Waals surface area (Å²) in [6.07, 6.45) is 4.31. The van der Waals surface area contributed by atoms with Gasteiger partial charge in [-0.2, -0.15) is 4.31 Å².